The van der Waals surface area contributed by atoms with Gasteiger partial charge in [0, 0.05) is 31.9 Å². The van der Waals surface area contributed by atoms with Crippen LogP contribution in [0.15, 0.2) is 12.3 Å². The van der Waals surface area contributed by atoms with Crippen molar-refractivity contribution in [2.75, 3.05) is 19.6 Å². The Labute approximate surface area is 117 Å². The molecule has 108 valence electrons. The highest BCUT2D eigenvalue weighted by Crippen LogP contribution is 2.11. The molecule has 1 atom stereocenters. The molecular formula is C15H28N4. The minimum Gasteiger partial charge on any atom is -0.313 e. The molecule has 1 saturated heterocycles. The standard InChI is InChI=1S/C15H28N4/c1-3-5-11-18(12-14-7-6-9-16-14)13-15-8-10-17-19(15)4-2/h8,10,14,16H,3-7,9,11-13H2,1-2H3. The first-order chi connectivity index (χ1) is 9.33. The van der Waals surface area contributed by atoms with Crippen LogP contribution in [-0.2, 0) is 13.1 Å². The molecule has 1 aliphatic heterocycles. The molecule has 0 radical (unpaired) electrons. The molecule has 1 unspecified atom stereocenters. The number of aryl methyl sites for hydroxylation is 1. The molecule has 1 fully saturated rings. The maximum absolute atomic E-state index is 4.37. The second-order valence-corrected chi connectivity index (χ2v) is 5.52. The molecule has 2 rings (SSSR count). The maximum Gasteiger partial charge on any atom is 0.0524 e. The quantitative estimate of drug-likeness (QED) is 0.782. The zero-order valence-corrected chi connectivity index (χ0v) is 12.4. The Bertz CT molecular complexity index is 355. The second-order valence-electron chi connectivity index (χ2n) is 5.52. The molecule has 19 heavy (non-hydrogen) atoms. The van der Waals surface area contributed by atoms with Gasteiger partial charge >= 0.3 is 0 Å². The van der Waals surface area contributed by atoms with E-state index in [1.54, 1.807) is 0 Å². The molecule has 1 N–H and O–H groups in total. The molecule has 1 aliphatic rings. The summed E-state index contributed by atoms with van der Waals surface area (Å²) in [6.45, 7) is 9.99. The SMILES string of the molecule is CCCCN(Cc1ccnn1CC)CC1CCCN1. The van der Waals surface area contributed by atoms with Gasteiger partial charge in [-0.15, -0.1) is 0 Å². The fraction of sp³-hybridized carbons (Fsp3) is 0.800. The Morgan fingerprint density at radius 3 is 3.05 bits per heavy atom. The van der Waals surface area contributed by atoms with E-state index in [1.165, 1.54) is 51.0 Å². The van der Waals surface area contributed by atoms with Crippen LogP contribution in [0, 0.1) is 0 Å². The Morgan fingerprint density at radius 1 is 1.47 bits per heavy atom. The smallest absolute Gasteiger partial charge is 0.0524 e. The molecule has 0 bridgehead atoms. The van der Waals surface area contributed by atoms with Crippen LogP contribution in [-0.4, -0.2) is 40.4 Å². The fourth-order valence-corrected chi connectivity index (χ4v) is 2.85. The van der Waals surface area contributed by atoms with Crippen molar-refractivity contribution >= 4 is 0 Å². The van der Waals surface area contributed by atoms with Crippen LogP contribution in [0.3, 0.4) is 0 Å². The highest BCUT2D eigenvalue weighted by atomic mass is 15.3. The van der Waals surface area contributed by atoms with E-state index in [0.717, 1.165) is 13.1 Å². The lowest BCUT2D eigenvalue weighted by Crippen LogP contribution is -2.38. The molecule has 0 saturated carbocycles. The van der Waals surface area contributed by atoms with Crippen LogP contribution >= 0.6 is 0 Å². The molecule has 0 spiro atoms. The Hall–Kier alpha value is -0.870. The molecule has 1 aromatic heterocycles. The van der Waals surface area contributed by atoms with Gasteiger partial charge in [0.1, 0.15) is 0 Å². The van der Waals surface area contributed by atoms with Crippen LogP contribution < -0.4 is 5.32 Å². The number of nitrogens with zero attached hydrogens (tertiary/aromatic N) is 3. The normalized spacial score (nSPS) is 19.4. The maximum atomic E-state index is 4.37. The van der Waals surface area contributed by atoms with Crippen LogP contribution in [0.5, 0.6) is 0 Å². The Balaban J connectivity index is 1.92. The van der Waals surface area contributed by atoms with E-state index in [0.29, 0.717) is 6.04 Å². The van der Waals surface area contributed by atoms with Crippen molar-refractivity contribution in [3.63, 3.8) is 0 Å². The minimum absolute atomic E-state index is 0.690. The van der Waals surface area contributed by atoms with Gasteiger partial charge in [-0.1, -0.05) is 13.3 Å². The van der Waals surface area contributed by atoms with Gasteiger partial charge in [-0.3, -0.25) is 9.58 Å². The number of aromatic nitrogens is 2. The largest absolute Gasteiger partial charge is 0.313 e. The zero-order chi connectivity index (χ0) is 13.5. The van der Waals surface area contributed by atoms with E-state index < -0.39 is 0 Å². The second kappa shape index (κ2) is 7.65. The summed E-state index contributed by atoms with van der Waals surface area (Å²) in [5.74, 6) is 0. The number of nitrogens with one attached hydrogen (secondary N) is 1. The Morgan fingerprint density at radius 2 is 2.37 bits per heavy atom. The van der Waals surface area contributed by atoms with E-state index in [2.05, 4.69) is 39.9 Å². The van der Waals surface area contributed by atoms with Crippen LogP contribution in [0.1, 0.15) is 45.2 Å². The molecule has 2 heterocycles. The van der Waals surface area contributed by atoms with E-state index in [9.17, 15) is 0 Å². The van der Waals surface area contributed by atoms with Gasteiger partial charge in [0.05, 0.1) is 5.69 Å². The van der Waals surface area contributed by atoms with Crippen LogP contribution in [0.2, 0.25) is 0 Å². The highest BCUT2D eigenvalue weighted by Gasteiger charge is 2.18. The average molecular weight is 264 g/mol. The van der Waals surface area contributed by atoms with E-state index in [1.807, 2.05) is 6.20 Å². The summed E-state index contributed by atoms with van der Waals surface area (Å²) in [4.78, 5) is 2.59. The number of hydrogen-bond acceptors (Lipinski definition) is 3. The predicted octanol–water partition coefficient (Wildman–Crippen LogP) is 2.26. The average Bonchev–Trinajstić information content (AvgIpc) is 3.07. The van der Waals surface area contributed by atoms with Crippen molar-refractivity contribution in [1.82, 2.24) is 20.0 Å². The van der Waals surface area contributed by atoms with Gasteiger partial charge in [0.15, 0.2) is 0 Å². The van der Waals surface area contributed by atoms with Crippen molar-refractivity contribution in [2.45, 2.75) is 58.7 Å². The number of hydrogen-bond donors (Lipinski definition) is 1. The summed E-state index contributed by atoms with van der Waals surface area (Å²) >= 11 is 0. The van der Waals surface area contributed by atoms with Crippen molar-refractivity contribution in [3.05, 3.63) is 18.0 Å². The fourth-order valence-electron chi connectivity index (χ4n) is 2.85. The lowest BCUT2D eigenvalue weighted by atomic mass is 10.2. The lowest BCUT2D eigenvalue weighted by Gasteiger charge is -2.25. The molecule has 4 nitrogen and oxygen atoms in total. The topological polar surface area (TPSA) is 33.1 Å². The van der Waals surface area contributed by atoms with Gasteiger partial charge in [-0.25, -0.2) is 0 Å². The molecule has 0 aromatic carbocycles. The highest BCUT2D eigenvalue weighted by molar-refractivity contribution is 5.00. The van der Waals surface area contributed by atoms with Gasteiger partial charge in [0.2, 0.25) is 0 Å². The van der Waals surface area contributed by atoms with Crippen LogP contribution in [0.25, 0.3) is 0 Å². The zero-order valence-electron chi connectivity index (χ0n) is 12.4. The number of rotatable bonds is 8. The monoisotopic (exact) mass is 264 g/mol. The third kappa shape index (κ3) is 4.32. The summed E-state index contributed by atoms with van der Waals surface area (Å²) < 4.78 is 2.11. The third-order valence-corrected chi connectivity index (χ3v) is 3.96. The molecule has 0 aliphatic carbocycles. The van der Waals surface area contributed by atoms with Crippen molar-refractivity contribution in [2.24, 2.45) is 0 Å². The minimum atomic E-state index is 0.690. The summed E-state index contributed by atoms with van der Waals surface area (Å²) in [5.41, 5.74) is 1.34. The Kier molecular flexibility index (Phi) is 5.86. The van der Waals surface area contributed by atoms with Crippen molar-refractivity contribution < 1.29 is 0 Å². The summed E-state index contributed by atoms with van der Waals surface area (Å²) in [5, 5.41) is 7.98. The van der Waals surface area contributed by atoms with Gasteiger partial charge in [0.25, 0.3) is 0 Å². The number of unbranched alkanes of at least 4 members (excludes halogenated alkanes) is 1. The third-order valence-electron chi connectivity index (χ3n) is 3.96. The van der Waals surface area contributed by atoms with E-state index >= 15 is 0 Å². The summed E-state index contributed by atoms with van der Waals surface area (Å²) in [6.07, 6.45) is 7.13. The lowest BCUT2D eigenvalue weighted by molar-refractivity contribution is 0.231. The van der Waals surface area contributed by atoms with Gasteiger partial charge in [-0.05, 0) is 45.3 Å². The summed E-state index contributed by atoms with van der Waals surface area (Å²) in [6, 6.07) is 2.85. The van der Waals surface area contributed by atoms with E-state index in [4.69, 9.17) is 0 Å². The van der Waals surface area contributed by atoms with Crippen molar-refractivity contribution in [3.8, 4) is 0 Å². The molecular weight excluding hydrogens is 236 g/mol. The summed E-state index contributed by atoms with van der Waals surface area (Å²) in [7, 11) is 0. The molecule has 0 amide bonds. The molecule has 1 aromatic rings. The first kappa shape index (κ1) is 14.5. The molecule has 4 heteroatoms. The van der Waals surface area contributed by atoms with Crippen molar-refractivity contribution in [1.29, 1.82) is 0 Å². The van der Waals surface area contributed by atoms with Gasteiger partial charge in [-0.2, -0.15) is 5.10 Å². The van der Waals surface area contributed by atoms with Crippen LogP contribution in [0.4, 0.5) is 0 Å². The first-order valence-corrected chi connectivity index (χ1v) is 7.80. The first-order valence-electron chi connectivity index (χ1n) is 7.80. The van der Waals surface area contributed by atoms with E-state index in [-0.39, 0.29) is 0 Å². The predicted molar refractivity (Wildman–Crippen MR) is 79.1 cm³/mol. The van der Waals surface area contributed by atoms with Gasteiger partial charge < -0.3 is 5.32 Å².